The van der Waals surface area contributed by atoms with E-state index in [1.54, 1.807) is 6.08 Å². The van der Waals surface area contributed by atoms with Crippen molar-refractivity contribution in [2.24, 2.45) is 0 Å². The summed E-state index contributed by atoms with van der Waals surface area (Å²) in [6, 6.07) is 1.53. The number of esters is 1. The molecule has 1 unspecified atom stereocenters. The number of anilines is 1. The summed E-state index contributed by atoms with van der Waals surface area (Å²) >= 11 is 0. The lowest BCUT2D eigenvalue weighted by Gasteiger charge is -2.39. The molecule has 0 aromatic carbocycles. The predicted molar refractivity (Wildman–Crippen MR) is 99.8 cm³/mol. The monoisotopic (exact) mass is 381 g/mol. The van der Waals surface area contributed by atoms with E-state index in [-0.39, 0.29) is 17.5 Å². The van der Waals surface area contributed by atoms with Crippen LogP contribution in [-0.2, 0) is 18.7 Å². The van der Waals surface area contributed by atoms with E-state index in [2.05, 4.69) is 38.8 Å². The van der Waals surface area contributed by atoms with Crippen molar-refractivity contribution in [3.05, 3.63) is 34.6 Å². The van der Waals surface area contributed by atoms with E-state index in [4.69, 9.17) is 19.6 Å². The molecule has 1 aliphatic rings. The average Bonchev–Trinajstić information content (AvgIpc) is 2.86. The van der Waals surface area contributed by atoms with Gasteiger partial charge >= 0.3 is 11.7 Å². The smallest absolute Gasteiger partial charge is 0.352 e. The van der Waals surface area contributed by atoms with Crippen LogP contribution in [0.3, 0.4) is 0 Å². The maximum atomic E-state index is 12.2. The van der Waals surface area contributed by atoms with Crippen molar-refractivity contribution >= 4 is 20.1 Å². The molecule has 0 spiro atoms. The molecule has 1 aromatic heterocycles. The predicted octanol–water partition coefficient (Wildman–Crippen LogP) is 2.19. The van der Waals surface area contributed by atoms with Crippen molar-refractivity contribution in [2.45, 2.75) is 58.2 Å². The summed E-state index contributed by atoms with van der Waals surface area (Å²) in [4.78, 5) is 27.1. The van der Waals surface area contributed by atoms with E-state index in [1.165, 1.54) is 23.8 Å². The topological polar surface area (TPSA) is 106 Å². The van der Waals surface area contributed by atoms with Crippen LogP contribution in [0.1, 0.15) is 33.9 Å². The van der Waals surface area contributed by atoms with Gasteiger partial charge in [-0.05, 0) is 30.3 Å². The van der Waals surface area contributed by atoms with Gasteiger partial charge in [0, 0.05) is 13.1 Å². The summed E-state index contributed by atoms with van der Waals surface area (Å²) in [6.45, 7) is 11.9. The van der Waals surface area contributed by atoms with Gasteiger partial charge in [0.05, 0.1) is 0 Å². The lowest BCUT2D eigenvalue weighted by Crippen LogP contribution is -2.46. The highest BCUT2D eigenvalue weighted by Crippen LogP contribution is 2.40. The van der Waals surface area contributed by atoms with Crippen LogP contribution in [0.25, 0.3) is 0 Å². The Morgan fingerprint density at radius 3 is 2.62 bits per heavy atom. The Kier molecular flexibility index (Phi) is 5.62. The van der Waals surface area contributed by atoms with Gasteiger partial charge in [-0.15, -0.1) is 0 Å². The van der Waals surface area contributed by atoms with Crippen LogP contribution in [0.4, 0.5) is 5.82 Å². The number of carbonyl (C=O) groups is 1. The van der Waals surface area contributed by atoms with Crippen LogP contribution in [0.5, 0.6) is 0 Å². The zero-order valence-corrected chi connectivity index (χ0v) is 17.1. The molecule has 26 heavy (non-hydrogen) atoms. The Morgan fingerprint density at radius 1 is 1.42 bits per heavy atom. The summed E-state index contributed by atoms with van der Waals surface area (Å²) < 4.78 is 18.6. The highest BCUT2D eigenvalue weighted by atomic mass is 28.4. The molecular weight excluding hydrogens is 354 g/mol. The Bertz CT molecular complexity index is 766. The summed E-state index contributed by atoms with van der Waals surface area (Å²) in [5, 5.41) is -0.0195. The van der Waals surface area contributed by atoms with Crippen LogP contribution >= 0.6 is 0 Å². The third-order valence-electron chi connectivity index (χ3n) is 4.68. The average molecular weight is 382 g/mol. The summed E-state index contributed by atoms with van der Waals surface area (Å²) in [6.07, 6.45) is 2.07. The molecule has 0 fully saturated rings. The Hall–Kier alpha value is -2.13. The number of aromatic nitrogens is 2. The van der Waals surface area contributed by atoms with Crippen molar-refractivity contribution in [1.82, 2.24) is 9.55 Å². The molecule has 1 aliphatic heterocycles. The molecule has 0 aliphatic carbocycles. The standard InChI is InChI=1S/C17H27N3O5Si/c1-11(21)23-10-12-9-13(25-26(5,6)17(2,3)4)15(24-12)20-8-7-14(18)19-16(20)22/h7-9,13,15H,10H2,1-6H3,(H2,18,19,22)/t13?,15-/m1/s1. The molecule has 0 saturated carbocycles. The van der Waals surface area contributed by atoms with E-state index in [1.807, 2.05) is 0 Å². The normalized spacial score (nSPS) is 20.5. The van der Waals surface area contributed by atoms with Gasteiger partial charge in [0.15, 0.2) is 8.32 Å². The third-order valence-corrected chi connectivity index (χ3v) is 9.16. The van der Waals surface area contributed by atoms with E-state index in [0.717, 1.165) is 0 Å². The lowest BCUT2D eigenvalue weighted by molar-refractivity contribution is -0.141. The van der Waals surface area contributed by atoms with Gasteiger partial charge in [0.1, 0.15) is 24.3 Å². The SMILES string of the molecule is CC(=O)OCC1=CC(O[Si](C)(C)C(C)(C)C)[C@H](n2ccc(N)nc2=O)O1. The van der Waals surface area contributed by atoms with E-state index >= 15 is 0 Å². The maximum Gasteiger partial charge on any atom is 0.352 e. The zero-order valence-electron chi connectivity index (χ0n) is 16.1. The fraction of sp³-hybridized carbons (Fsp3) is 0.588. The number of hydrogen-bond donors (Lipinski definition) is 1. The number of nitrogens with two attached hydrogens (primary N) is 1. The van der Waals surface area contributed by atoms with E-state index in [0.29, 0.717) is 5.76 Å². The van der Waals surface area contributed by atoms with Crippen LogP contribution in [-0.4, -0.2) is 36.5 Å². The number of ether oxygens (including phenoxy) is 2. The summed E-state index contributed by atoms with van der Waals surface area (Å²) in [7, 11) is -2.14. The molecule has 0 saturated heterocycles. The molecular formula is C17H27N3O5Si. The van der Waals surface area contributed by atoms with Gasteiger partial charge in [-0.3, -0.25) is 9.36 Å². The van der Waals surface area contributed by atoms with Crippen molar-refractivity contribution < 1.29 is 18.7 Å². The third kappa shape index (κ3) is 4.53. The first-order chi connectivity index (χ1) is 11.9. The van der Waals surface area contributed by atoms with E-state index < -0.39 is 32.3 Å². The van der Waals surface area contributed by atoms with Crippen molar-refractivity contribution in [3.8, 4) is 0 Å². The molecule has 9 heteroatoms. The number of carbonyl (C=O) groups excluding carboxylic acids is 1. The highest BCUT2D eigenvalue weighted by molar-refractivity contribution is 6.74. The molecule has 144 valence electrons. The molecule has 0 amide bonds. The number of rotatable bonds is 5. The lowest BCUT2D eigenvalue weighted by atomic mass is 10.2. The largest absolute Gasteiger partial charge is 0.468 e. The molecule has 1 aromatic rings. The molecule has 0 bridgehead atoms. The van der Waals surface area contributed by atoms with Gasteiger partial charge in [0.2, 0.25) is 6.23 Å². The molecule has 2 heterocycles. The highest BCUT2D eigenvalue weighted by Gasteiger charge is 2.43. The molecule has 2 rings (SSSR count). The number of nitrogens with zero attached hydrogens (tertiary/aromatic N) is 2. The second-order valence-electron chi connectivity index (χ2n) is 7.81. The van der Waals surface area contributed by atoms with E-state index in [9.17, 15) is 9.59 Å². The summed E-state index contributed by atoms with van der Waals surface area (Å²) in [5.74, 6) is 0.169. The Morgan fingerprint density at radius 2 is 2.08 bits per heavy atom. The second kappa shape index (κ2) is 7.24. The summed E-state index contributed by atoms with van der Waals surface area (Å²) in [5.41, 5.74) is 5.04. The first-order valence-electron chi connectivity index (χ1n) is 8.44. The zero-order chi connectivity index (χ0) is 19.7. The van der Waals surface area contributed by atoms with Crippen molar-refractivity contribution in [1.29, 1.82) is 0 Å². The van der Waals surface area contributed by atoms with Crippen LogP contribution in [0, 0.1) is 0 Å². The number of hydrogen-bond acceptors (Lipinski definition) is 7. The van der Waals surface area contributed by atoms with Crippen LogP contribution in [0.2, 0.25) is 18.1 Å². The maximum absolute atomic E-state index is 12.2. The molecule has 8 nitrogen and oxygen atoms in total. The van der Waals surface area contributed by atoms with Gasteiger partial charge in [-0.25, -0.2) is 4.79 Å². The minimum Gasteiger partial charge on any atom is -0.468 e. The number of nitrogen functional groups attached to an aromatic ring is 1. The Balaban J connectivity index is 2.33. The molecule has 0 radical (unpaired) electrons. The van der Waals surface area contributed by atoms with Gasteiger partial charge in [0.25, 0.3) is 0 Å². The quantitative estimate of drug-likeness (QED) is 0.615. The van der Waals surface area contributed by atoms with Gasteiger partial charge < -0.3 is 19.6 Å². The van der Waals surface area contributed by atoms with Crippen molar-refractivity contribution in [3.63, 3.8) is 0 Å². The van der Waals surface area contributed by atoms with Crippen molar-refractivity contribution in [2.75, 3.05) is 12.3 Å². The second-order valence-corrected chi connectivity index (χ2v) is 12.6. The molecule has 2 atom stereocenters. The first kappa shape index (κ1) is 20.2. The Labute approximate surface area is 154 Å². The van der Waals surface area contributed by atoms with Gasteiger partial charge in [-0.1, -0.05) is 20.8 Å². The van der Waals surface area contributed by atoms with Gasteiger partial charge in [-0.2, -0.15) is 4.98 Å². The minimum atomic E-state index is -2.14. The fourth-order valence-electron chi connectivity index (χ4n) is 2.23. The minimum absolute atomic E-state index is 0.0135. The first-order valence-corrected chi connectivity index (χ1v) is 11.3. The molecule has 2 N–H and O–H groups in total. The van der Waals surface area contributed by atoms with Crippen LogP contribution < -0.4 is 11.4 Å². The fourth-order valence-corrected chi connectivity index (χ4v) is 3.44. The van der Waals surface area contributed by atoms with Crippen LogP contribution in [0.15, 0.2) is 28.9 Å².